The minimum absolute atomic E-state index is 0.0140. The third-order valence-corrected chi connectivity index (χ3v) is 4.28. The van der Waals surface area contributed by atoms with Crippen molar-refractivity contribution in [1.82, 2.24) is 0 Å². The van der Waals surface area contributed by atoms with Gasteiger partial charge in [0.25, 0.3) is 0 Å². The number of ketones is 2. The van der Waals surface area contributed by atoms with Crippen molar-refractivity contribution in [2.45, 2.75) is 18.8 Å². The summed E-state index contributed by atoms with van der Waals surface area (Å²) in [6, 6.07) is 12.2. The number of hydrogen-bond acceptors (Lipinski definition) is 5. The molecule has 114 valence electrons. The Labute approximate surface area is 131 Å². The van der Waals surface area contributed by atoms with Crippen molar-refractivity contribution in [2.75, 3.05) is 6.54 Å². The molecular formula is C16H15NO4S. The molecule has 0 saturated carbocycles. The molecule has 0 fully saturated rings. The topological polar surface area (TPSA) is 77.3 Å². The highest BCUT2D eigenvalue weighted by Crippen LogP contribution is 2.25. The average molecular weight is 317 g/mol. The molecule has 6 heteroatoms. The Morgan fingerprint density at radius 1 is 1.14 bits per heavy atom. The summed E-state index contributed by atoms with van der Waals surface area (Å²) in [6.07, 6.45) is -0.205. The maximum atomic E-state index is 12.1. The normalized spacial score (nSPS) is 11.8. The first-order chi connectivity index (χ1) is 10.6. The van der Waals surface area contributed by atoms with Gasteiger partial charge in [-0.1, -0.05) is 36.4 Å². The van der Waals surface area contributed by atoms with Gasteiger partial charge in [0.1, 0.15) is 5.78 Å². The monoisotopic (exact) mass is 317 g/mol. The fraction of sp³-hybridized carbons (Fsp3) is 0.250. The van der Waals surface area contributed by atoms with Gasteiger partial charge in [-0.15, -0.1) is 11.3 Å². The lowest BCUT2D eigenvalue weighted by atomic mass is 9.96. The lowest BCUT2D eigenvalue weighted by Gasteiger charge is -2.10. The lowest BCUT2D eigenvalue weighted by molar-refractivity contribution is -0.483. The summed E-state index contributed by atoms with van der Waals surface area (Å²) in [5.41, 5.74) is 0.484. The number of benzene rings is 1. The fourth-order valence-electron chi connectivity index (χ4n) is 2.21. The van der Waals surface area contributed by atoms with Crippen LogP contribution in [-0.4, -0.2) is 23.0 Å². The Morgan fingerprint density at radius 2 is 1.86 bits per heavy atom. The number of nitrogens with zero attached hydrogens (tertiary/aromatic N) is 1. The van der Waals surface area contributed by atoms with Crippen LogP contribution >= 0.6 is 11.3 Å². The molecule has 2 aromatic rings. The Bertz CT molecular complexity index is 652. The molecule has 0 aliphatic carbocycles. The number of Topliss-reactive ketones (excluding diaryl/α,β-unsaturated/α-hetero) is 2. The van der Waals surface area contributed by atoms with E-state index in [4.69, 9.17) is 0 Å². The Balaban J connectivity index is 1.99. The summed E-state index contributed by atoms with van der Waals surface area (Å²) >= 11 is 1.39. The molecule has 1 atom stereocenters. The second-order valence-corrected chi connectivity index (χ2v) is 5.92. The largest absolute Gasteiger partial charge is 0.299 e. The number of rotatable bonds is 8. The molecule has 0 spiro atoms. The maximum absolute atomic E-state index is 12.1. The molecule has 1 aromatic heterocycles. The van der Waals surface area contributed by atoms with Crippen LogP contribution in [0.5, 0.6) is 0 Å². The smallest absolute Gasteiger partial charge is 0.211 e. The summed E-state index contributed by atoms with van der Waals surface area (Å²) in [5.74, 6) is -0.989. The third kappa shape index (κ3) is 4.60. The van der Waals surface area contributed by atoms with Gasteiger partial charge in [-0.3, -0.25) is 19.7 Å². The predicted molar refractivity (Wildman–Crippen MR) is 83.9 cm³/mol. The molecule has 22 heavy (non-hydrogen) atoms. The van der Waals surface area contributed by atoms with Crippen molar-refractivity contribution in [1.29, 1.82) is 0 Å². The van der Waals surface area contributed by atoms with Gasteiger partial charge < -0.3 is 0 Å². The van der Waals surface area contributed by atoms with Crippen molar-refractivity contribution in [3.05, 3.63) is 68.4 Å². The zero-order chi connectivity index (χ0) is 15.9. The first kappa shape index (κ1) is 16.0. The molecule has 0 unspecified atom stereocenters. The summed E-state index contributed by atoms with van der Waals surface area (Å²) in [4.78, 5) is 35.2. The van der Waals surface area contributed by atoms with Crippen molar-refractivity contribution in [2.24, 2.45) is 0 Å². The summed E-state index contributed by atoms with van der Waals surface area (Å²) < 4.78 is 0. The van der Waals surface area contributed by atoms with Gasteiger partial charge in [0.2, 0.25) is 6.54 Å². The molecule has 0 bridgehead atoms. The van der Waals surface area contributed by atoms with Crippen molar-refractivity contribution in [3.63, 3.8) is 0 Å². The van der Waals surface area contributed by atoms with E-state index in [1.54, 1.807) is 42.5 Å². The van der Waals surface area contributed by atoms with Crippen LogP contribution in [0.15, 0.2) is 47.8 Å². The fourth-order valence-corrected chi connectivity index (χ4v) is 3.03. The second-order valence-electron chi connectivity index (χ2n) is 4.94. The first-order valence-electron chi connectivity index (χ1n) is 6.81. The van der Waals surface area contributed by atoms with Crippen LogP contribution in [0.2, 0.25) is 0 Å². The molecule has 5 nitrogen and oxygen atoms in total. The van der Waals surface area contributed by atoms with Crippen LogP contribution in [0.1, 0.15) is 34.0 Å². The van der Waals surface area contributed by atoms with Gasteiger partial charge in [0.15, 0.2) is 5.78 Å². The van der Waals surface area contributed by atoms with Gasteiger partial charge in [-0.05, 0) is 11.4 Å². The Morgan fingerprint density at radius 3 is 2.45 bits per heavy atom. The summed E-state index contributed by atoms with van der Waals surface area (Å²) in [6.45, 7) is -0.300. The molecule has 0 aliphatic rings. The third-order valence-electron chi connectivity index (χ3n) is 3.24. The predicted octanol–water partition coefficient (Wildman–Crippen LogP) is 3.34. The Hall–Kier alpha value is -2.34. The molecule has 0 amide bonds. The standard InChI is InChI=1S/C16H15NO4S/c18-14(10-15(19)12-5-2-1-3-6-12)9-13(11-17(20)21)16-7-4-8-22-16/h1-8,13H,9-11H2/t13-/m1/s1. The summed E-state index contributed by atoms with van der Waals surface area (Å²) in [5, 5.41) is 12.6. The van der Waals surface area contributed by atoms with Crippen molar-refractivity contribution in [3.8, 4) is 0 Å². The highest BCUT2D eigenvalue weighted by atomic mass is 32.1. The van der Waals surface area contributed by atoms with Crippen molar-refractivity contribution < 1.29 is 14.5 Å². The molecule has 0 radical (unpaired) electrons. The van der Waals surface area contributed by atoms with Crippen LogP contribution in [0, 0.1) is 10.1 Å². The Kier molecular flexibility index (Phi) is 5.55. The van der Waals surface area contributed by atoms with E-state index >= 15 is 0 Å². The van der Waals surface area contributed by atoms with E-state index in [-0.39, 0.29) is 31.0 Å². The zero-order valence-electron chi connectivity index (χ0n) is 11.8. The van der Waals surface area contributed by atoms with E-state index in [1.165, 1.54) is 11.3 Å². The van der Waals surface area contributed by atoms with E-state index in [1.807, 2.05) is 5.38 Å². The number of carbonyl (C=O) groups excluding carboxylic acids is 2. The van der Waals surface area contributed by atoms with Gasteiger partial charge in [0, 0.05) is 21.8 Å². The van der Waals surface area contributed by atoms with E-state index in [9.17, 15) is 19.7 Å². The quantitative estimate of drug-likeness (QED) is 0.324. The molecule has 0 N–H and O–H groups in total. The second kappa shape index (κ2) is 7.61. The molecule has 0 saturated heterocycles. The number of carbonyl (C=O) groups is 2. The average Bonchev–Trinajstić information content (AvgIpc) is 3.01. The minimum atomic E-state index is -0.467. The van der Waals surface area contributed by atoms with Crippen molar-refractivity contribution >= 4 is 22.9 Å². The van der Waals surface area contributed by atoms with Gasteiger partial charge in [-0.25, -0.2) is 0 Å². The molecule has 1 heterocycles. The summed E-state index contributed by atoms with van der Waals surface area (Å²) in [7, 11) is 0. The van der Waals surface area contributed by atoms with E-state index in [2.05, 4.69) is 0 Å². The number of hydrogen-bond donors (Lipinski definition) is 0. The van der Waals surface area contributed by atoms with Crippen LogP contribution in [-0.2, 0) is 4.79 Å². The van der Waals surface area contributed by atoms with Crippen LogP contribution < -0.4 is 0 Å². The highest BCUT2D eigenvalue weighted by molar-refractivity contribution is 7.10. The molecule has 1 aromatic carbocycles. The maximum Gasteiger partial charge on any atom is 0.211 e. The SMILES string of the molecule is O=C(CC(=O)c1ccccc1)C[C@H](C[N+](=O)[O-])c1cccs1. The zero-order valence-corrected chi connectivity index (χ0v) is 12.6. The van der Waals surface area contributed by atoms with Gasteiger partial charge in [-0.2, -0.15) is 0 Å². The molecule has 2 rings (SSSR count). The van der Waals surface area contributed by atoms with Gasteiger partial charge >= 0.3 is 0 Å². The lowest BCUT2D eigenvalue weighted by Crippen LogP contribution is -2.17. The van der Waals surface area contributed by atoms with E-state index < -0.39 is 10.8 Å². The molecular weight excluding hydrogens is 302 g/mol. The number of thiophene rings is 1. The highest BCUT2D eigenvalue weighted by Gasteiger charge is 2.23. The van der Waals surface area contributed by atoms with E-state index in [0.29, 0.717) is 5.56 Å². The van der Waals surface area contributed by atoms with Crippen LogP contribution in [0.4, 0.5) is 0 Å². The number of nitro groups is 1. The first-order valence-corrected chi connectivity index (χ1v) is 7.69. The van der Waals surface area contributed by atoms with Crippen LogP contribution in [0.3, 0.4) is 0 Å². The van der Waals surface area contributed by atoms with Gasteiger partial charge in [0.05, 0.1) is 12.3 Å². The minimum Gasteiger partial charge on any atom is -0.299 e. The van der Waals surface area contributed by atoms with E-state index in [0.717, 1.165) is 4.88 Å². The van der Waals surface area contributed by atoms with Crippen LogP contribution in [0.25, 0.3) is 0 Å². The molecule has 0 aliphatic heterocycles.